The van der Waals surface area contributed by atoms with E-state index in [1.54, 1.807) is 25.1 Å². The van der Waals surface area contributed by atoms with Gasteiger partial charge in [0.05, 0.1) is 16.4 Å². The Morgan fingerprint density at radius 1 is 1.58 bits per heavy atom. The average Bonchev–Trinajstić information content (AvgIpc) is 2.84. The number of carbonyl (C=O) groups excluding carboxylic acids is 1. The molecule has 0 saturated heterocycles. The number of rotatable bonds is 4. The van der Waals surface area contributed by atoms with E-state index in [2.05, 4.69) is 20.8 Å². The SMILES string of the molecule is CC(N)CC(=O)Nc1cc(-n2cnnn2)ccc1Cl. The average molecular weight is 281 g/mol. The van der Waals surface area contributed by atoms with Crippen LogP contribution in [0.25, 0.3) is 5.69 Å². The van der Waals surface area contributed by atoms with Crippen molar-refractivity contribution in [3.63, 3.8) is 0 Å². The Morgan fingerprint density at radius 3 is 3.00 bits per heavy atom. The number of tetrazole rings is 1. The number of nitrogens with two attached hydrogens (primary N) is 1. The van der Waals surface area contributed by atoms with Gasteiger partial charge in [0.15, 0.2) is 0 Å². The molecule has 0 spiro atoms. The van der Waals surface area contributed by atoms with Gasteiger partial charge in [0.1, 0.15) is 6.33 Å². The largest absolute Gasteiger partial charge is 0.327 e. The standard InChI is InChI=1S/C11H13ClN6O/c1-7(13)4-11(19)15-10-5-8(2-3-9(10)12)18-6-14-16-17-18/h2-3,5-7H,4,13H2,1H3,(H,15,19). The molecular formula is C11H13ClN6O. The predicted molar refractivity (Wildman–Crippen MR) is 71.1 cm³/mol. The van der Waals surface area contributed by atoms with Gasteiger partial charge >= 0.3 is 0 Å². The summed E-state index contributed by atoms with van der Waals surface area (Å²) in [6, 6.07) is 4.90. The number of benzene rings is 1. The fourth-order valence-corrected chi connectivity index (χ4v) is 1.69. The van der Waals surface area contributed by atoms with Gasteiger partial charge in [0.25, 0.3) is 0 Å². The van der Waals surface area contributed by atoms with Gasteiger partial charge in [-0.25, -0.2) is 4.68 Å². The summed E-state index contributed by atoms with van der Waals surface area (Å²) in [5.74, 6) is -0.189. The van der Waals surface area contributed by atoms with Gasteiger partial charge < -0.3 is 11.1 Å². The van der Waals surface area contributed by atoms with Crippen LogP contribution in [0, 0.1) is 0 Å². The summed E-state index contributed by atoms with van der Waals surface area (Å²) < 4.78 is 1.47. The van der Waals surface area contributed by atoms with Crippen LogP contribution in [-0.4, -0.2) is 32.2 Å². The van der Waals surface area contributed by atoms with E-state index >= 15 is 0 Å². The number of nitrogens with zero attached hydrogens (tertiary/aromatic N) is 4. The minimum absolute atomic E-state index is 0.189. The molecule has 0 radical (unpaired) electrons. The molecule has 1 unspecified atom stereocenters. The third kappa shape index (κ3) is 3.49. The Balaban J connectivity index is 2.20. The highest BCUT2D eigenvalue weighted by atomic mass is 35.5. The molecule has 1 atom stereocenters. The molecule has 0 aliphatic rings. The van der Waals surface area contributed by atoms with Gasteiger partial charge in [-0.05, 0) is 35.5 Å². The van der Waals surface area contributed by atoms with Crippen LogP contribution < -0.4 is 11.1 Å². The third-order valence-corrected chi connectivity index (χ3v) is 2.67. The second-order valence-corrected chi connectivity index (χ2v) is 4.56. The second kappa shape index (κ2) is 5.77. The lowest BCUT2D eigenvalue weighted by Crippen LogP contribution is -2.24. The van der Waals surface area contributed by atoms with Crippen LogP contribution in [0.3, 0.4) is 0 Å². The van der Waals surface area contributed by atoms with Gasteiger partial charge in [-0.2, -0.15) is 0 Å². The molecule has 1 aromatic heterocycles. The van der Waals surface area contributed by atoms with Crippen molar-refractivity contribution in [3.8, 4) is 5.69 Å². The van der Waals surface area contributed by atoms with Crippen LogP contribution in [0.1, 0.15) is 13.3 Å². The third-order valence-electron chi connectivity index (χ3n) is 2.34. The Labute approximate surface area is 114 Å². The number of anilines is 1. The van der Waals surface area contributed by atoms with Gasteiger partial charge in [-0.3, -0.25) is 4.79 Å². The Bertz CT molecular complexity index is 569. The molecule has 0 aliphatic carbocycles. The fraction of sp³-hybridized carbons (Fsp3) is 0.273. The summed E-state index contributed by atoms with van der Waals surface area (Å²) in [7, 11) is 0. The maximum Gasteiger partial charge on any atom is 0.225 e. The molecule has 7 nitrogen and oxygen atoms in total. The van der Waals surface area contributed by atoms with Gasteiger partial charge in [-0.15, -0.1) is 5.10 Å². The summed E-state index contributed by atoms with van der Waals surface area (Å²) in [4.78, 5) is 11.7. The fourth-order valence-electron chi connectivity index (χ4n) is 1.52. The first-order valence-electron chi connectivity index (χ1n) is 5.64. The van der Waals surface area contributed by atoms with Crippen molar-refractivity contribution >= 4 is 23.2 Å². The van der Waals surface area contributed by atoms with Crippen molar-refractivity contribution in [3.05, 3.63) is 29.5 Å². The molecule has 1 aromatic carbocycles. The molecule has 0 saturated carbocycles. The Hall–Kier alpha value is -1.99. The predicted octanol–water partition coefficient (Wildman–Crippen LogP) is 0.991. The quantitative estimate of drug-likeness (QED) is 0.870. The summed E-state index contributed by atoms with van der Waals surface area (Å²) in [6.45, 7) is 1.76. The van der Waals surface area contributed by atoms with Crippen LogP contribution >= 0.6 is 11.6 Å². The molecule has 1 heterocycles. The lowest BCUT2D eigenvalue weighted by Gasteiger charge is -2.10. The maximum atomic E-state index is 11.7. The summed E-state index contributed by atoms with van der Waals surface area (Å²) in [5.41, 5.74) is 6.77. The van der Waals surface area contributed by atoms with Crippen molar-refractivity contribution in [2.75, 3.05) is 5.32 Å². The highest BCUT2D eigenvalue weighted by molar-refractivity contribution is 6.33. The molecule has 2 aromatic rings. The molecule has 3 N–H and O–H groups in total. The van der Waals surface area contributed by atoms with E-state index in [1.807, 2.05) is 0 Å². The topological polar surface area (TPSA) is 98.7 Å². The van der Waals surface area contributed by atoms with Gasteiger partial charge in [-0.1, -0.05) is 11.6 Å². The molecule has 8 heteroatoms. The zero-order chi connectivity index (χ0) is 13.8. The number of aromatic nitrogens is 4. The minimum atomic E-state index is -0.207. The Morgan fingerprint density at radius 2 is 2.37 bits per heavy atom. The molecule has 2 rings (SSSR count). The Kier molecular flexibility index (Phi) is 4.08. The molecular weight excluding hydrogens is 268 g/mol. The number of hydrogen-bond donors (Lipinski definition) is 2. The van der Waals surface area contributed by atoms with E-state index in [0.717, 1.165) is 0 Å². The first-order chi connectivity index (χ1) is 9.06. The molecule has 1 amide bonds. The zero-order valence-electron chi connectivity index (χ0n) is 10.2. The van der Waals surface area contributed by atoms with E-state index in [1.165, 1.54) is 11.0 Å². The number of nitrogens with one attached hydrogen (secondary N) is 1. The minimum Gasteiger partial charge on any atom is -0.327 e. The summed E-state index contributed by atoms with van der Waals surface area (Å²) >= 11 is 6.03. The molecule has 0 bridgehead atoms. The first kappa shape index (κ1) is 13.4. The molecule has 0 fully saturated rings. The van der Waals surface area contributed by atoms with E-state index in [4.69, 9.17) is 17.3 Å². The van der Waals surface area contributed by atoms with Crippen molar-refractivity contribution in [1.82, 2.24) is 20.2 Å². The number of halogens is 1. The van der Waals surface area contributed by atoms with Crippen LogP contribution in [0.15, 0.2) is 24.5 Å². The van der Waals surface area contributed by atoms with E-state index in [0.29, 0.717) is 16.4 Å². The van der Waals surface area contributed by atoms with Crippen molar-refractivity contribution < 1.29 is 4.79 Å². The smallest absolute Gasteiger partial charge is 0.225 e. The van der Waals surface area contributed by atoms with E-state index in [-0.39, 0.29) is 18.4 Å². The first-order valence-corrected chi connectivity index (χ1v) is 6.02. The van der Waals surface area contributed by atoms with E-state index in [9.17, 15) is 4.79 Å². The lowest BCUT2D eigenvalue weighted by molar-refractivity contribution is -0.116. The normalized spacial score (nSPS) is 12.2. The number of hydrogen-bond acceptors (Lipinski definition) is 5. The maximum absolute atomic E-state index is 11.7. The van der Waals surface area contributed by atoms with E-state index < -0.39 is 0 Å². The molecule has 0 aliphatic heterocycles. The van der Waals surface area contributed by atoms with Crippen LogP contribution in [0.4, 0.5) is 5.69 Å². The lowest BCUT2D eigenvalue weighted by atomic mass is 10.2. The highest BCUT2D eigenvalue weighted by Gasteiger charge is 2.09. The summed E-state index contributed by atoms with van der Waals surface area (Å²) in [6.07, 6.45) is 1.68. The number of carbonyl (C=O) groups is 1. The monoisotopic (exact) mass is 280 g/mol. The highest BCUT2D eigenvalue weighted by Crippen LogP contribution is 2.24. The molecule has 19 heavy (non-hydrogen) atoms. The van der Waals surface area contributed by atoms with Gasteiger partial charge in [0.2, 0.25) is 5.91 Å². The van der Waals surface area contributed by atoms with Crippen LogP contribution in [0.2, 0.25) is 5.02 Å². The van der Waals surface area contributed by atoms with Crippen molar-refractivity contribution in [2.24, 2.45) is 5.73 Å². The molecule has 100 valence electrons. The van der Waals surface area contributed by atoms with Crippen molar-refractivity contribution in [1.29, 1.82) is 0 Å². The summed E-state index contributed by atoms with van der Waals surface area (Å²) in [5, 5.41) is 14.0. The zero-order valence-corrected chi connectivity index (χ0v) is 11.0. The van der Waals surface area contributed by atoms with Crippen LogP contribution in [0.5, 0.6) is 0 Å². The van der Waals surface area contributed by atoms with Crippen LogP contribution in [-0.2, 0) is 4.79 Å². The van der Waals surface area contributed by atoms with Crippen molar-refractivity contribution in [2.45, 2.75) is 19.4 Å². The second-order valence-electron chi connectivity index (χ2n) is 4.15. The number of amides is 1. The van der Waals surface area contributed by atoms with Gasteiger partial charge in [0, 0.05) is 12.5 Å².